The molecule has 1 fully saturated rings. The van der Waals surface area contributed by atoms with Crippen LogP contribution in [-0.4, -0.2) is 48.3 Å². The molecule has 0 unspecified atom stereocenters. The van der Waals surface area contributed by atoms with E-state index in [1.54, 1.807) is 17.2 Å². The van der Waals surface area contributed by atoms with Crippen molar-refractivity contribution in [2.75, 3.05) is 31.5 Å². The molecule has 1 aliphatic rings. The minimum atomic E-state index is -0.425. The van der Waals surface area contributed by atoms with Gasteiger partial charge in [0.1, 0.15) is 11.6 Å². The molecule has 0 saturated carbocycles. The molecule has 22 heavy (non-hydrogen) atoms. The van der Waals surface area contributed by atoms with Gasteiger partial charge >= 0.3 is 0 Å². The number of benzene rings is 1. The average Bonchev–Trinajstić information content (AvgIpc) is 2.53. The van der Waals surface area contributed by atoms with Crippen molar-refractivity contribution in [1.29, 1.82) is 5.26 Å². The van der Waals surface area contributed by atoms with Crippen molar-refractivity contribution < 1.29 is 9.59 Å². The van der Waals surface area contributed by atoms with E-state index in [0.717, 1.165) is 12.0 Å². The van der Waals surface area contributed by atoms with E-state index in [9.17, 15) is 14.9 Å². The van der Waals surface area contributed by atoms with Gasteiger partial charge in [-0.15, -0.1) is 0 Å². The first-order chi connectivity index (χ1) is 10.6. The molecule has 1 aromatic carbocycles. The van der Waals surface area contributed by atoms with Crippen LogP contribution in [0, 0.1) is 18.3 Å². The minimum absolute atomic E-state index is 0.0565. The number of hydrogen-bond donors (Lipinski definition) is 1. The topological polar surface area (TPSA) is 76.4 Å². The highest BCUT2D eigenvalue weighted by atomic mass is 16.1. The molecule has 0 bridgehead atoms. The molecule has 1 N–H and O–H groups in total. The number of rotatable bonds is 4. The highest BCUT2D eigenvalue weighted by molar-refractivity contribution is 6.06. The number of aryl methyl sites for hydroxylation is 1. The van der Waals surface area contributed by atoms with Gasteiger partial charge in [0.25, 0.3) is 5.91 Å². The summed E-state index contributed by atoms with van der Waals surface area (Å²) < 4.78 is 0. The molecule has 2 rings (SSSR count). The summed E-state index contributed by atoms with van der Waals surface area (Å²) in [5.41, 5.74) is 1.75. The van der Waals surface area contributed by atoms with Gasteiger partial charge in [0.15, 0.2) is 0 Å². The molecular weight excluding hydrogens is 280 g/mol. The zero-order valence-corrected chi connectivity index (χ0v) is 12.5. The fraction of sp³-hybridized carbons (Fsp3) is 0.312. The molecule has 1 heterocycles. The van der Waals surface area contributed by atoms with Crippen LogP contribution in [-0.2, 0) is 9.59 Å². The van der Waals surface area contributed by atoms with Crippen LogP contribution < -0.4 is 5.32 Å². The molecule has 1 saturated heterocycles. The van der Waals surface area contributed by atoms with E-state index in [1.807, 2.05) is 36.1 Å². The number of piperazine rings is 1. The summed E-state index contributed by atoms with van der Waals surface area (Å²) in [5, 5.41) is 11.9. The number of nitrogens with zero attached hydrogens (tertiary/aromatic N) is 3. The molecule has 0 radical (unpaired) electrons. The van der Waals surface area contributed by atoms with Crippen LogP contribution in [0.5, 0.6) is 0 Å². The Morgan fingerprint density at radius 1 is 1.27 bits per heavy atom. The van der Waals surface area contributed by atoms with Crippen LogP contribution in [0.1, 0.15) is 5.56 Å². The van der Waals surface area contributed by atoms with E-state index in [2.05, 4.69) is 5.32 Å². The first-order valence-corrected chi connectivity index (χ1v) is 7.05. The molecule has 0 aliphatic carbocycles. The molecule has 6 nitrogen and oxygen atoms in total. The first kappa shape index (κ1) is 15.6. The maximum absolute atomic E-state index is 12.2. The van der Waals surface area contributed by atoms with E-state index < -0.39 is 5.91 Å². The molecule has 0 aromatic heterocycles. The second-order valence-corrected chi connectivity index (χ2v) is 5.16. The lowest BCUT2D eigenvalue weighted by Crippen LogP contribution is -2.43. The Hall–Kier alpha value is -2.81. The zero-order valence-electron chi connectivity index (χ0n) is 12.5. The standard InChI is InChI=1S/C16H18N4O2/c1-13-3-2-4-15(9-13)18-16(22)14(10-17)11-19-5-7-20(12-21)8-6-19/h2-4,9,11-12H,5-8H2,1H3,(H,18,22)/b14-11-. The van der Waals surface area contributed by atoms with Gasteiger partial charge in [0, 0.05) is 38.1 Å². The van der Waals surface area contributed by atoms with E-state index in [-0.39, 0.29) is 5.57 Å². The highest BCUT2D eigenvalue weighted by Crippen LogP contribution is 2.11. The minimum Gasteiger partial charge on any atom is -0.373 e. The fourth-order valence-electron chi connectivity index (χ4n) is 2.21. The van der Waals surface area contributed by atoms with Crippen molar-refractivity contribution in [3.8, 4) is 6.07 Å². The maximum Gasteiger partial charge on any atom is 0.267 e. The van der Waals surface area contributed by atoms with Gasteiger partial charge in [-0.3, -0.25) is 9.59 Å². The fourth-order valence-corrected chi connectivity index (χ4v) is 2.21. The summed E-state index contributed by atoms with van der Waals surface area (Å²) in [5.74, 6) is -0.425. The maximum atomic E-state index is 12.2. The van der Waals surface area contributed by atoms with E-state index >= 15 is 0 Å². The van der Waals surface area contributed by atoms with Gasteiger partial charge in [-0.2, -0.15) is 5.26 Å². The Labute approximate surface area is 129 Å². The lowest BCUT2D eigenvalue weighted by molar-refractivity contribution is -0.119. The van der Waals surface area contributed by atoms with Gasteiger partial charge in [-0.25, -0.2) is 0 Å². The van der Waals surface area contributed by atoms with Crippen LogP contribution >= 0.6 is 0 Å². The van der Waals surface area contributed by atoms with Crippen molar-refractivity contribution in [3.63, 3.8) is 0 Å². The Morgan fingerprint density at radius 2 is 1.95 bits per heavy atom. The third-order valence-electron chi connectivity index (χ3n) is 3.45. The quantitative estimate of drug-likeness (QED) is 0.513. The molecule has 0 atom stereocenters. The predicted octanol–water partition coefficient (Wildman–Crippen LogP) is 1.11. The van der Waals surface area contributed by atoms with Crippen LogP contribution in [0.2, 0.25) is 0 Å². The van der Waals surface area contributed by atoms with E-state index in [4.69, 9.17) is 0 Å². The Morgan fingerprint density at radius 3 is 2.55 bits per heavy atom. The predicted molar refractivity (Wildman–Crippen MR) is 82.7 cm³/mol. The van der Waals surface area contributed by atoms with Gasteiger partial charge in [0.2, 0.25) is 6.41 Å². The molecule has 6 heteroatoms. The number of hydrogen-bond acceptors (Lipinski definition) is 4. The molecule has 2 amide bonds. The molecule has 0 spiro atoms. The van der Waals surface area contributed by atoms with Crippen molar-refractivity contribution in [2.24, 2.45) is 0 Å². The summed E-state index contributed by atoms with van der Waals surface area (Å²) >= 11 is 0. The average molecular weight is 298 g/mol. The summed E-state index contributed by atoms with van der Waals surface area (Å²) in [6.07, 6.45) is 2.38. The van der Waals surface area contributed by atoms with Crippen molar-refractivity contribution in [1.82, 2.24) is 9.80 Å². The molecule has 114 valence electrons. The molecule has 1 aliphatic heterocycles. The number of carbonyl (C=O) groups is 2. The van der Waals surface area contributed by atoms with Gasteiger partial charge in [-0.05, 0) is 24.6 Å². The zero-order chi connectivity index (χ0) is 15.9. The Kier molecular flexibility index (Phi) is 5.15. The highest BCUT2D eigenvalue weighted by Gasteiger charge is 2.16. The van der Waals surface area contributed by atoms with Crippen LogP contribution in [0.4, 0.5) is 5.69 Å². The Bertz CT molecular complexity index is 625. The number of carbonyl (C=O) groups excluding carboxylic acids is 2. The summed E-state index contributed by atoms with van der Waals surface area (Å²) in [7, 11) is 0. The van der Waals surface area contributed by atoms with Crippen LogP contribution in [0.15, 0.2) is 36.0 Å². The second kappa shape index (κ2) is 7.27. The number of nitrogens with one attached hydrogen (secondary N) is 1. The third-order valence-corrected chi connectivity index (χ3v) is 3.45. The lowest BCUT2D eigenvalue weighted by atomic mass is 10.2. The van der Waals surface area contributed by atoms with Gasteiger partial charge < -0.3 is 15.1 Å². The first-order valence-electron chi connectivity index (χ1n) is 7.05. The normalized spacial score (nSPS) is 15.2. The monoisotopic (exact) mass is 298 g/mol. The van der Waals surface area contributed by atoms with Crippen molar-refractivity contribution in [3.05, 3.63) is 41.6 Å². The van der Waals surface area contributed by atoms with E-state index in [0.29, 0.717) is 31.9 Å². The summed E-state index contributed by atoms with van der Waals surface area (Å²) in [4.78, 5) is 26.4. The number of anilines is 1. The van der Waals surface area contributed by atoms with Crippen molar-refractivity contribution >= 4 is 18.0 Å². The second-order valence-electron chi connectivity index (χ2n) is 5.16. The van der Waals surface area contributed by atoms with Gasteiger partial charge in [-0.1, -0.05) is 12.1 Å². The Balaban J connectivity index is 2.01. The summed E-state index contributed by atoms with van der Waals surface area (Å²) in [6, 6.07) is 9.34. The lowest BCUT2D eigenvalue weighted by Gasteiger charge is -2.31. The van der Waals surface area contributed by atoms with Gasteiger partial charge in [0.05, 0.1) is 0 Å². The molecule has 1 aromatic rings. The smallest absolute Gasteiger partial charge is 0.267 e. The van der Waals surface area contributed by atoms with E-state index in [1.165, 1.54) is 0 Å². The molecular formula is C16H18N4O2. The number of nitriles is 1. The van der Waals surface area contributed by atoms with Crippen molar-refractivity contribution in [2.45, 2.75) is 6.92 Å². The van der Waals surface area contributed by atoms with Crippen LogP contribution in [0.3, 0.4) is 0 Å². The largest absolute Gasteiger partial charge is 0.373 e. The number of amides is 2. The SMILES string of the molecule is Cc1cccc(NC(=O)/C(C#N)=C\N2CCN(C=O)CC2)c1. The van der Waals surface area contributed by atoms with Crippen LogP contribution in [0.25, 0.3) is 0 Å². The third kappa shape index (κ3) is 4.09. The summed E-state index contributed by atoms with van der Waals surface area (Å²) in [6.45, 7) is 4.35.